The Morgan fingerprint density at radius 1 is 0.722 bits per heavy atom. The molecule has 0 bridgehead atoms. The average Bonchev–Trinajstić information content (AvgIpc) is 2.84. The number of carbonyl (C=O) groups is 1. The van der Waals surface area contributed by atoms with Gasteiger partial charge < -0.3 is 14.2 Å². The molecule has 4 nitrogen and oxygen atoms in total. The molecule has 0 saturated heterocycles. The monoisotopic (exact) mass is 507 g/mol. The summed E-state index contributed by atoms with van der Waals surface area (Å²) in [7, 11) is -0.0753. The first-order valence-corrected chi connectivity index (χ1v) is 14.5. The molecule has 0 N–H and O–H groups in total. The molecule has 6 heteroatoms. The molecule has 0 spiro atoms. The van der Waals surface area contributed by atoms with Crippen LogP contribution in [0.25, 0.3) is 0 Å². The van der Waals surface area contributed by atoms with Gasteiger partial charge in [-0.05, 0) is 52.8 Å². The summed E-state index contributed by atoms with van der Waals surface area (Å²) >= 11 is 0. The molecule has 1 atom stereocenters. The number of hydrogen-bond acceptors (Lipinski definition) is 4. The topological polar surface area (TPSA) is 44.8 Å². The molecule has 0 aromatic heterocycles. The van der Waals surface area contributed by atoms with E-state index in [1.807, 2.05) is 44.2 Å². The van der Waals surface area contributed by atoms with Crippen LogP contribution in [0.5, 0.6) is 17.2 Å². The van der Waals surface area contributed by atoms with Gasteiger partial charge >= 0.3 is 0 Å². The average molecular weight is 508 g/mol. The van der Waals surface area contributed by atoms with Crippen molar-refractivity contribution < 1.29 is 19.0 Å². The zero-order valence-electron chi connectivity index (χ0n) is 23.5. The maximum atomic E-state index is 13.5. The number of aryl methyl sites for hydroxylation is 2. The molecule has 2 aromatic carbocycles. The molecule has 0 aliphatic heterocycles. The SMILES string of the molecule is CCCCCOc1cc(OCCCCC)c(PC(=O)c2c(C)cccc2C)c(OCCCCC)c1.[Li]. The number of benzene rings is 2. The fourth-order valence-corrected chi connectivity index (χ4v) is 5.24. The summed E-state index contributed by atoms with van der Waals surface area (Å²) < 4.78 is 18.6. The fraction of sp³-hybridized carbons (Fsp3) is 0.567. The third-order valence-electron chi connectivity index (χ3n) is 6.01. The number of carbonyl (C=O) groups excluding carboxylic acids is 1. The Morgan fingerprint density at radius 2 is 1.17 bits per heavy atom. The molecule has 1 radical (unpaired) electrons. The maximum absolute atomic E-state index is 13.5. The van der Waals surface area contributed by atoms with Gasteiger partial charge in [0, 0.05) is 36.6 Å². The third kappa shape index (κ3) is 10.9. The Labute approximate surface area is 233 Å². The van der Waals surface area contributed by atoms with Crippen LogP contribution in [-0.2, 0) is 0 Å². The van der Waals surface area contributed by atoms with Gasteiger partial charge in [-0.2, -0.15) is 0 Å². The quantitative estimate of drug-likeness (QED) is 0.117. The Kier molecular flexibility index (Phi) is 16.9. The molecule has 195 valence electrons. The van der Waals surface area contributed by atoms with Crippen molar-refractivity contribution in [3.8, 4) is 17.2 Å². The molecule has 2 aromatic rings. The zero-order chi connectivity index (χ0) is 25.5. The molecule has 0 saturated carbocycles. The van der Waals surface area contributed by atoms with Gasteiger partial charge in [0.05, 0.1) is 25.1 Å². The van der Waals surface area contributed by atoms with E-state index in [2.05, 4.69) is 20.8 Å². The zero-order valence-corrected chi connectivity index (χ0v) is 24.5. The van der Waals surface area contributed by atoms with Crippen LogP contribution in [-0.4, -0.2) is 44.2 Å². The van der Waals surface area contributed by atoms with Gasteiger partial charge in [0.2, 0.25) is 0 Å². The van der Waals surface area contributed by atoms with Crippen LogP contribution in [0.2, 0.25) is 0 Å². The Bertz CT molecular complexity index is 863. The minimum Gasteiger partial charge on any atom is -0.493 e. The van der Waals surface area contributed by atoms with E-state index in [1.54, 1.807) is 0 Å². The van der Waals surface area contributed by atoms with E-state index in [9.17, 15) is 4.79 Å². The second kappa shape index (κ2) is 18.7. The minimum atomic E-state index is -0.0753. The first-order chi connectivity index (χ1) is 17.0. The van der Waals surface area contributed by atoms with Crippen molar-refractivity contribution in [1.29, 1.82) is 0 Å². The summed E-state index contributed by atoms with van der Waals surface area (Å²) in [6, 6.07) is 9.92. The number of ether oxygens (including phenoxy) is 3. The second-order valence-corrected chi connectivity index (χ2v) is 10.4. The van der Waals surface area contributed by atoms with E-state index < -0.39 is 0 Å². The van der Waals surface area contributed by atoms with Crippen LogP contribution >= 0.6 is 8.58 Å². The van der Waals surface area contributed by atoms with Gasteiger partial charge in [0.1, 0.15) is 17.2 Å². The van der Waals surface area contributed by atoms with Crippen molar-refractivity contribution in [3.63, 3.8) is 0 Å². The molecular formula is C30H45LiO4P. The van der Waals surface area contributed by atoms with Gasteiger partial charge in [-0.3, -0.25) is 4.79 Å². The van der Waals surface area contributed by atoms with E-state index in [-0.39, 0.29) is 33.0 Å². The molecule has 0 amide bonds. The molecule has 1 unspecified atom stereocenters. The van der Waals surface area contributed by atoms with Crippen molar-refractivity contribution >= 4 is 38.3 Å². The molecule has 36 heavy (non-hydrogen) atoms. The van der Waals surface area contributed by atoms with Crippen LogP contribution in [0.1, 0.15) is 100 Å². The maximum Gasteiger partial charge on any atom is 0.186 e. The second-order valence-electron chi connectivity index (χ2n) is 9.18. The molecule has 0 heterocycles. The van der Waals surface area contributed by atoms with Crippen LogP contribution < -0.4 is 19.5 Å². The number of rotatable bonds is 18. The standard InChI is InChI=1S/C30H45O4P.Li/c1-6-9-12-18-32-25-21-26(33-19-13-10-7-2)29(27(22-25)34-20-14-11-8-3)35-30(31)28-23(4)16-15-17-24(28)5;/h15-17,21-22,35H,6-14,18-20H2,1-5H3;. The largest absolute Gasteiger partial charge is 0.493 e. The van der Waals surface area contributed by atoms with E-state index in [4.69, 9.17) is 14.2 Å². The van der Waals surface area contributed by atoms with Crippen LogP contribution in [0.15, 0.2) is 30.3 Å². The Hall–Kier alpha value is -1.46. The summed E-state index contributed by atoms with van der Waals surface area (Å²) in [5.74, 6) is 2.19. The summed E-state index contributed by atoms with van der Waals surface area (Å²) in [6.45, 7) is 12.5. The summed E-state index contributed by atoms with van der Waals surface area (Å²) in [5.41, 5.74) is 2.94. The van der Waals surface area contributed by atoms with Gasteiger partial charge in [0.25, 0.3) is 0 Å². The van der Waals surface area contributed by atoms with Crippen molar-refractivity contribution in [2.45, 2.75) is 92.4 Å². The predicted octanol–water partition coefficient (Wildman–Crippen LogP) is 7.77. The van der Waals surface area contributed by atoms with Crippen molar-refractivity contribution in [1.82, 2.24) is 0 Å². The normalized spacial score (nSPS) is 10.9. The molecule has 2 rings (SSSR count). The van der Waals surface area contributed by atoms with Crippen LogP contribution in [0, 0.1) is 13.8 Å². The minimum absolute atomic E-state index is 0. The van der Waals surface area contributed by atoms with Gasteiger partial charge in [-0.15, -0.1) is 0 Å². The summed E-state index contributed by atoms with van der Waals surface area (Å²) in [5, 5.41) is 0.853. The van der Waals surface area contributed by atoms with Crippen molar-refractivity contribution in [2.24, 2.45) is 0 Å². The molecule has 0 fully saturated rings. The van der Waals surface area contributed by atoms with Crippen LogP contribution in [0.4, 0.5) is 0 Å². The van der Waals surface area contributed by atoms with Gasteiger partial charge in [0.15, 0.2) is 5.52 Å². The number of unbranched alkanes of at least 4 members (excludes halogenated alkanes) is 6. The Balaban J connectivity index is 0.00000648. The van der Waals surface area contributed by atoms with E-state index in [0.717, 1.165) is 97.0 Å². The summed E-state index contributed by atoms with van der Waals surface area (Å²) in [6.07, 6.45) is 9.79. The third-order valence-corrected chi connectivity index (χ3v) is 7.23. The molecular weight excluding hydrogens is 462 g/mol. The first kappa shape index (κ1) is 32.6. The van der Waals surface area contributed by atoms with Gasteiger partial charge in [-0.1, -0.05) is 77.5 Å². The molecule has 0 aliphatic carbocycles. The smallest absolute Gasteiger partial charge is 0.186 e. The van der Waals surface area contributed by atoms with E-state index in [0.29, 0.717) is 19.8 Å². The van der Waals surface area contributed by atoms with Crippen LogP contribution in [0.3, 0.4) is 0 Å². The first-order valence-electron chi connectivity index (χ1n) is 13.5. The van der Waals surface area contributed by atoms with Crippen molar-refractivity contribution in [3.05, 3.63) is 47.0 Å². The number of hydrogen-bond donors (Lipinski definition) is 0. The molecule has 0 aliphatic rings. The summed E-state index contributed by atoms with van der Waals surface area (Å²) in [4.78, 5) is 13.5. The van der Waals surface area contributed by atoms with E-state index >= 15 is 0 Å². The predicted molar refractivity (Wildman–Crippen MR) is 155 cm³/mol. The van der Waals surface area contributed by atoms with E-state index in [1.165, 1.54) is 0 Å². The fourth-order valence-electron chi connectivity index (χ4n) is 3.96. The van der Waals surface area contributed by atoms with Gasteiger partial charge in [-0.25, -0.2) is 0 Å². The van der Waals surface area contributed by atoms with Crippen molar-refractivity contribution in [2.75, 3.05) is 19.8 Å². The Morgan fingerprint density at radius 3 is 1.61 bits per heavy atom.